The number of amides is 1. The number of ether oxygens (including phenoxy) is 2. The van der Waals surface area contributed by atoms with Crippen LogP contribution in [0, 0.1) is 0 Å². The summed E-state index contributed by atoms with van der Waals surface area (Å²) < 4.78 is 10.3. The third-order valence-corrected chi connectivity index (χ3v) is 3.82. The Morgan fingerprint density at radius 3 is 2.48 bits per heavy atom. The lowest BCUT2D eigenvalue weighted by atomic mass is 10.0. The Labute approximate surface area is 134 Å². The number of hydrogen-bond donors (Lipinski definition) is 0. The van der Waals surface area contributed by atoms with Crippen LogP contribution >= 0.6 is 0 Å². The minimum absolute atomic E-state index is 0.205. The molecular weight excluding hydrogens is 294 g/mol. The maximum Gasteiger partial charge on any atom is 0.333 e. The summed E-state index contributed by atoms with van der Waals surface area (Å²) in [5.74, 6) is 0.0519. The molecule has 2 aromatic rings. The van der Waals surface area contributed by atoms with E-state index < -0.39 is 12.0 Å². The highest BCUT2D eigenvalue weighted by molar-refractivity contribution is 6.15. The molecule has 1 amide bonds. The molecule has 23 heavy (non-hydrogen) atoms. The van der Waals surface area contributed by atoms with Gasteiger partial charge in [-0.3, -0.25) is 9.69 Å². The van der Waals surface area contributed by atoms with E-state index in [2.05, 4.69) is 0 Å². The number of benzene rings is 2. The number of rotatable bonds is 4. The van der Waals surface area contributed by atoms with Gasteiger partial charge in [0.2, 0.25) is 0 Å². The summed E-state index contributed by atoms with van der Waals surface area (Å²) in [5, 5.41) is 0. The Kier molecular flexibility index (Phi) is 4.02. The highest BCUT2D eigenvalue weighted by atomic mass is 16.5. The zero-order valence-electron chi connectivity index (χ0n) is 13.0. The molecule has 0 bridgehead atoms. The number of carbonyl (C=O) groups is 2. The fraction of sp³-hybridized carbons (Fsp3) is 0.222. The second-order valence-corrected chi connectivity index (χ2v) is 5.12. The molecule has 3 rings (SSSR count). The van der Waals surface area contributed by atoms with Gasteiger partial charge in [-0.1, -0.05) is 18.2 Å². The zero-order valence-corrected chi connectivity index (χ0v) is 13.0. The molecule has 1 unspecified atom stereocenters. The van der Waals surface area contributed by atoms with Crippen LogP contribution in [0.1, 0.15) is 28.9 Å². The van der Waals surface area contributed by atoms with E-state index >= 15 is 0 Å². The first-order valence-electron chi connectivity index (χ1n) is 7.40. The van der Waals surface area contributed by atoms with Crippen molar-refractivity contribution in [3.63, 3.8) is 0 Å². The van der Waals surface area contributed by atoms with Crippen molar-refractivity contribution in [2.24, 2.45) is 0 Å². The monoisotopic (exact) mass is 311 g/mol. The molecule has 118 valence electrons. The first kappa shape index (κ1) is 15.1. The maximum atomic E-state index is 12.8. The number of carbonyl (C=O) groups excluding carboxylic acids is 2. The van der Waals surface area contributed by atoms with Gasteiger partial charge in [-0.15, -0.1) is 0 Å². The van der Waals surface area contributed by atoms with E-state index in [1.54, 1.807) is 56.5 Å². The van der Waals surface area contributed by atoms with Crippen LogP contribution in [0.5, 0.6) is 5.75 Å². The van der Waals surface area contributed by atoms with Gasteiger partial charge in [0.15, 0.2) is 6.04 Å². The summed E-state index contributed by atoms with van der Waals surface area (Å²) in [5.41, 5.74) is 1.83. The molecule has 5 heteroatoms. The van der Waals surface area contributed by atoms with Crippen molar-refractivity contribution in [3.8, 4) is 5.75 Å². The van der Waals surface area contributed by atoms with Gasteiger partial charge >= 0.3 is 5.97 Å². The summed E-state index contributed by atoms with van der Waals surface area (Å²) in [6, 6.07) is 13.4. The summed E-state index contributed by atoms with van der Waals surface area (Å²) >= 11 is 0. The second kappa shape index (κ2) is 6.12. The summed E-state index contributed by atoms with van der Waals surface area (Å²) in [4.78, 5) is 26.7. The van der Waals surface area contributed by atoms with E-state index in [1.807, 2.05) is 6.07 Å². The van der Waals surface area contributed by atoms with Gasteiger partial charge in [-0.2, -0.15) is 0 Å². The van der Waals surface area contributed by atoms with E-state index in [4.69, 9.17) is 9.47 Å². The van der Waals surface area contributed by atoms with Gasteiger partial charge in [0.05, 0.1) is 13.7 Å². The minimum Gasteiger partial charge on any atom is -0.497 e. The lowest BCUT2D eigenvalue weighted by Gasteiger charge is -2.24. The van der Waals surface area contributed by atoms with Gasteiger partial charge < -0.3 is 9.47 Å². The van der Waals surface area contributed by atoms with Crippen LogP contribution in [0.4, 0.5) is 5.69 Å². The summed E-state index contributed by atoms with van der Waals surface area (Å²) in [6.45, 7) is 2.01. The first-order valence-corrected chi connectivity index (χ1v) is 7.40. The third kappa shape index (κ3) is 2.54. The van der Waals surface area contributed by atoms with Crippen LogP contribution in [0.15, 0.2) is 48.5 Å². The average Bonchev–Trinajstić information content (AvgIpc) is 2.88. The van der Waals surface area contributed by atoms with Crippen LogP contribution in [-0.4, -0.2) is 25.6 Å². The van der Waals surface area contributed by atoms with E-state index in [9.17, 15) is 9.59 Å². The van der Waals surface area contributed by atoms with Gasteiger partial charge in [0, 0.05) is 11.3 Å². The Balaban J connectivity index is 2.06. The number of esters is 1. The van der Waals surface area contributed by atoms with Crippen LogP contribution < -0.4 is 9.64 Å². The van der Waals surface area contributed by atoms with Crippen LogP contribution in [0.2, 0.25) is 0 Å². The standard InChI is InChI=1S/C18H17NO4/c1-3-23-18(21)16-14-6-4-5-7-15(14)17(20)19(16)12-8-10-13(22-2)11-9-12/h4-11,16H,3H2,1-2H3. The molecule has 5 nitrogen and oxygen atoms in total. The van der Waals surface area contributed by atoms with E-state index in [0.29, 0.717) is 22.6 Å². The molecule has 1 heterocycles. The fourth-order valence-corrected chi connectivity index (χ4v) is 2.78. The van der Waals surface area contributed by atoms with Crippen LogP contribution in [0.3, 0.4) is 0 Å². The highest BCUT2D eigenvalue weighted by Crippen LogP contribution is 2.38. The number of methoxy groups -OCH3 is 1. The topological polar surface area (TPSA) is 55.8 Å². The largest absolute Gasteiger partial charge is 0.497 e. The van der Waals surface area contributed by atoms with E-state index in [0.717, 1.165) is 0 Å². The molecule has 0 fully saturated rings. The summed E-state index contributed by atoms with van der Waals surface area (Å²) in [6.07, 6.45) is 0. The van der Waals surface area contributed by atoms with Crippen molar-refractivity contribution in [3.05, 3.63) is 59.7 Å². The summed E-state index contributed by atoms with van der Waals surface area (Å²) in [7, 11) is 1.58. The molecule has 0 spiro atoms. The quantitative estimate of drug-likeness (QED) is 0.815. The number of fused-ring (bicyclic) bond motifs is 1. The van der Waals surface area contributed by atoms with Crippen molar-refractivity contribution in [2.45, 2.75) is 13.0 Å². The molecule has 0 saturated carbocycles. The predicted octanol–water partition coefficient (Wildman–Crippen LogP) is 2.96. The van der Waals surface area contributed by atoms with Crippen molar-refractivity contribution in [1.29, 1.82) is 0 Å². The Bertz CT molecular complexity index is 739. The Morgan fingerprint density at radius 1 is 1.13 bits per heavy atom. The highest BCUT2D eigenvalue weighted by Gasteiger charge is 2.42. The SMILES string of the molecule is CCOC(=O)C1c2ccccc2C(=O)N1c1ccc(OC)cc1. The number of anilines is 1. The second-order valence-electron chi connectivity index (χ2n) is 5.12. The van der Waals surface area contributed by atoms with Crippen LogP contribution in [-0.2, 0) is 9.53 Å². The fourth-order valence-electron chi connectivity index (χ4n) is 2.78. The molecule has 1 atom stereocenters. The maximum absolute atomic E-state index is 12.8. The Morgan fingerprint density at radius 2 is 1.83 bits per heavy atom. The molecule has 0 aromatic heterocycles. The first-order chi connectivity index (χ1) is 11.2. The van der Waals surface area contributed by atoms with Crippen LogP contribution in [0.25, 0.3) is 0 Å². The van der Waals surface area contributed by atoms with Crippen molar-refractivity contribution in [1.82, 2.24) is 0 Å². The molecule has 2 aromatic carbocycles. The van der Waals surface area contributed by atoms with Gasteiger partial charge in [-0.05, 0) is 42.8 Å². The Hall–Kier alpha value is -2.82. The van der Waals surface area contributed by atoms with E-state index in [-0.39, 0.29) is 12.5 Å². The number of hydrogen-bond acceptors (Lipinski definition) is 4. The van der Waals surface area contributed by atoms with Crippen molar-refractivity contribution in [2.75, 3.05) is 18.6 Å². The molecule has 0 saturated heterocycles. The van der Waals surface area contributed by atoms with Gasteiger partial charge in [0.1, 0.15) is 5.75 Å². The predicted molar refractivity (Wildman–Crippen MR) is 85.6 cm³/mol. The van der Waals surface area contributed by atoms with E-state index in [1.165, 1.54) is 4.90 Å². The zero-order chi connectivity index (χ0) is 16.4. The smallest absolute Gasteiger partial charge is 0.333 e. The van der Waals surface area contributed by atoms with Gasteiger partial charge in [0.25, 0.3) is 5.91 Å². The molecule has 0 aliphatic carbocycles. The normalized spacial score (nSPS) is 16.2. The average molecular weight is 311 g/mol. The van der Waals surface area contributed by atoms with Crippen molar-refractivity contribution < 1.29 is 19.1 Å². The van der Waals surface area contributed by atoms with Crippen molar-refractivity contribution >= 4 is 17.6 Å². The molecule has 1 aliphatic rings. The molecule has 1 aliphatic heterocycles. The lowest BCUT2D eigenvalue weighted by Crippen LogP contribution is -2.33. The number of nitrogens with zero attached hydrogens (tertiary/aromatic N) is 1. The van der Waals surface area contributed by atoms with Gasteiger partial charge in [-0.25, -0.2) is 4.79 Å². The lowest BCUT2D eigenvalue weighted by molar-refractivity contribution is -0.144. The molecular formula is C18H17NO4. The minimum atomic E-state index is -0.757. The third-order valence-electron chi connectivity index (χ3n) is 3.82. The molecule has 0 N–H and O–H groups in total. The molecule has 0 radical (unpaired) electrons.